The highest BCUT2D eigenvalue weighted by Crippen LogP contribution is 2.31. The molecular formula is C9H8BrF3N2O. The summed E-state index contributed by atoms with van der Waals surface area (Å²) in [5.74, 6) is -0.170. The molecule has 0 radical (unpaired) electrons. The first-order valence-corrected chi connectivity index (χ1v) is 5.18. The molecule has 1 aromatic rings. The monoisotopic (exact) mass is 296 g/mol. The maximum atomic E-state index is 12.6. The fraction of sp³-hybridized carbons (Fsp3) is 0.444. The van der Waals surface area contributed by atoms with Crippen LogP contribution < -0.4 is 0 Å². The van der Waals surface area contributed by atoms with Gasteiger partial charge in [0.15, 0.2) is 10.4 Å². The molecule has 0 saturated carbocycles. The van der Waals surface area contributed by atoms with Gasteiger partial charge in [-0.2, -0.15) is 13.2 Å². The average molecular weight is 297 g/mol. The van der Waals surface area contributed by atoms with Gasteiger partial charge in [0, 0.05) is 18.2 Å². The first kappa shape index (κ1) is 13.1. The molecule has 16 heavy (non-hydrogen) atoms. The third-order valence-electron chi connectivity index (χ3n) is 1.85. The number of halogens is 4. The fourth-order valence-corrected chi connectivity index (χ4v) is 1.40. The summed E-state index contributed by atoms with van der Waals surface area (Å²) in [4.78, 5) is 17.6. The summed E-state index contributed by atoms with van der Waals surface area (Å²) in [6.07, 6.45) is -3.40. The Labute approximate surface area is 98.2 Å². The van der Waals surface area contributed by atoms with Crippen molar-refractivity contribution in [3.63, 3.8) is 0 Å². The van der Waals surface area contributed by atoms with Crippen molar-refractivity contribution in [3.8, 4) is 0 Å². The lowest BCUT2D eigenvalue weighted by molar-refractivity contribution is -0.142. The number of nitrogens with zero attached hydrogens (tertiary/aromatic N) is 2. The van der Waals surface area contributed by atoms with Gasteiger partial charge in [0.05, 0.1) is 0 Å². The highest BCUT2D eigenvalue weighted by Gasteiger charge is 2.35. The third kappa shape index (κ3) is 3.55. The maximum Gasteiger partial charge on any atom is 0.433 e. The maximum absolute atomic E-state index is 12.6. The van der Waals surface area contributed by atoms with Gasteiger partial charge in [-0.15, -0.1) is 0 Å². The second kappa shape index (κ2) is 4.90. The Bertz CT molecular complexity index is 406. The number of aromatic nitrogens is 2. The van der Waals surface area contributed by atoms with Crippen molar-refractivity contribution < 1.29 is 18.0 Å². The second-order valence-corrected chi connectivity index (χ2v) is 3.92. The lowest BCUT2D eigenvalue weighted by atomic mass is 10.1. The van der Waals surface area contributed by atoms with Crippen LogP contribution in [0, 0.1) is 0 Å². The molecule has 0 spiro atoms. The van der Waals surface area contributed by atoms with E-state index in [1.54, 1.807) is 0 Å². The van der Waals surface area contributed by atoms with Crippen LogP contribution in [0.2, 0.25) is 0 Å². The summed E-state index contributed by atoms with van der Waals surface area (Å²) in [6.45, 7) is 1.33. The molecular weight excluding hydrogens is 289 g/mol. The molecule has 7 heteroatoms. The van der Waals surface area contributed by atoms with Crippen molar-refractivity contribution in [2.45, 2.75) is 25.9 Å². The summed E-state index contributed by atoms with van der Waals surface area (Å²) in [5.41, 5.74) is -1.05. The van der Waals surface area contributed by atoms with E-state index in [0.29, 0.717) is 0 Å². The standard InChI is InChI=1S/C9H8BrF3N2O/c1-5(16)2-3-6-4-14-8(10)15-7(6)9(11,12)13/h4H,2-3H2,1H3. The zero-order chi connectivity index (χ0) is 12.3. The minimum absolute atomic E-state index is 0.00252. The predicted molar refractivity (Wildman–Crippen MR) is 53.7 cm³/mol. The minimum Gasteiger partial charge on any atom is -0.300 e. The van der Waals surface area contributed by atoms with Gasteiger partial charge in [-0.3, -0.25) is 0 Å². The Morgan fingerprint density at radius 3 is 2.62 bits per heavy atom. The average Bonchev–Trinajstić information content (AvgIpc) is 2.14. The number of hydrogen-bond acceptors (Lipinski definition) is 3. The van der Waals surface area contributed by atoms with Crippen LogP contribution in [-0.2, 0) is 17.4 Å². The Kier molecular flexibility index (Phi) is 4.01. The van der Waals surface area contributed by atoms with E-state index in [2.05, 4.69) is 25.9 Å². The van der Waals surface area contributed by atoms with Gasteiger partial charge in [-0.1, -0.05) is 0 Å². The molecule has 1 rings (SSSR count). The molecule has 3 nitrogen and oxygen atoms in total. The van der Waals surface area contributed by atoms with E-state index in [1.807, 2.05) is 0 Å². The largest absolute Gasteiger partial charge is 0.433 e. The second-order valence-electron chi connectivity index (χ2n) is 3.21. The number of alkyl halides is 3. The SMILES string of the molecule is CC(=O)CCc1cnc(Br)nc1C(F)(F)F. The molecule has 0 bridgehead atoms. The molecule has 0 unspecified atom stereocenters. The summed E-state index contributed by atoms with van der Waals surface area (Å²) in [5, 5.41) is 0. The molecule has 0 N–H and O–H groups in total. The first-order chi connectivity index (χ1) is 7.30. The van der Waals surface area contributed by atoms with Crippen LogP contribution in [0.25, 0.3) is 0 Å². The molecule has 0 aliphatic rings. The number of ketones is 1. The Morgan fingerprint density at radius 2 is 2.12 bits per heavy atom. The van der Waals surface area contributed by atoms with Crippen molar-refractivity contribution in [2.75, 3.05) is 0 Å². The van der Waals surface area contributed by atoms with Crippen LogP contribution in [0.5, 0.6) is 0 Å². The van der Waals surface area contributed by atoms with E-state index in [-0.39, 0.29) is 28.9 Å². The Balaban J connectivity index is 3.03. The molecule has 0 fully saturated rings. The van der Waals surface area contributed by atoms with E-state index < -0.39 is 11.9 Å². The van der Waals surface area contributed by atoms with Crippen LogP contribution in [-0.4, -0.2) is 15.8 Å². The summed E-state index contributed by atoms with van der Waals surface area (Å²) in [6, 6.07) is 0. The summed E-state index contributed by atoms with van der Waals surface area (Å²) >= 11 is 2.78. The topological polar surface area (TPSA) is 42.9 Å². The van der Waals surface area contributed by atoms with Gasteiger partial charge in [0.2, 0.25) is 0 Å². The van der Waals surface area contributed by atoms with Crippen LogP contribution in [0.15, 0.2) is 10.9 Å². The van der Waals surface area contributed by atoms with Gasteiger partial charge >= 0.3 is 6.18 Å². The van der Waals surface area contributed by atoms with Crippen LogP contribution in [0.4, 0.5) is 13.2 Å². The molecule has 88 valence electrons. The number of hydrogen-bond donors (Lipinski definition) is 0. The van der Waals surface area contributed by atoms with Crippen molar-refractivity contribution in [1.82, 2.24) is 9.97 Å². The smallest absolute Gasteiger partial charge is 0.300 e. The van der Waals surface area contributed by atoms with Gasteiger partial charge in [0.1, 0.15) is 5.78 Å². The Morgan fingerprint density at radius 1 is 1.50 bits per heavy atom. The van der Waals surface area contributed by atoms with Crippen molar-refractivity contribution in [2.24, 2.45) is 0 Å². The van der Waals surface area contributed by atoms with Crippen molar-refractivity contribution in [3.05, 3.63) is 22.2 Å². The molecule has 0 saturated heterocycles. The molecule has 0 aliphatic carbocycles. The molecule has 1 heterocycles. The van der Waals surface area contributed by atoms with E-state index in [1.165, 1.54) is 6.92 Å². The van der Waals surface area contributed by atoms with E-state index in [4.69, 9.17) is 0 Å². The Hall–Kier alpha value is -0.980. The molecule has 0 aliphatic heterocycles. The zero-order valence-corrected chi connectivity index (χ0v) is 9.89. The van der Waals surface area contributed by atoms with Gasteiger partial charge in [-0.25, -0.2) is 9.97 Å². The zero-order valence-electron chi connectivity index (χ0n) is 8.31. The molecule has 0 atom stereocenters. The number of aryl methyl sites for hydroxylation is 1. The van der Waals surface area contributed by atoms with Crippen LogP contribution in [0.1, 0.15) is 24.6 Å². The number of carbonyl (C=O) groups is 1. The summed E-state index contributed by atoms with van der Waals surface area (Å²) in [7, 11) is 0. The van der Waals surface area contributed by atoms with Gasteiger partial charge < -0.3 is 4.79 Å². The van der Waals surface area contributed by atoms with Crippen molar-refractivity contribution >= 4 is 21.7 Å². The van der Waals surface area contributed by atoms with Crippen LogP contribution >= 0.6 is 15.9 Å². The van der Waals surface area contributed by atoms with E-state index in [0.717, 1.165) is 6.20 Å². The lowest BCUT2D eigenvalue weighted by Gasteiger charge is -2.10. The van der Waals surface area contributed by atoms with Gasteiger partial charge in [0.25, 0.3) is 0 Å². The molecule has 0 aromatic carbocycles. The number of carbonyl (C=O) groups excluding carboxylic acids is 1. The van der Waals surface area contributed by atoms with E-state index in [9.17, 15) is 18.0 Å². The van der Waals surface area contributed by atoms with Crippen LogP contribution in [0.3, 0.4) is 0 Å². The predicted octanol–water partition coefficient (Wildman–Crippen LogP) is 2.78. The minimum atomic E-state index is -4.53. The quantitative estimate of drug-likeness (QED) is 0.806. The van der Waals surface area contributed by atoms with Crippen molar-refractivity contribution in [1.29, 1.82) is 0 Å². The number of rotatable bonds is 3. The normalized spacial score (nSPS) is 11.6. The van der Waals surface area contributed by atoms with Gasteiger partial charge in [-0.05, 0) is 29.3 Å². The molecule has 0 amide bonds. The third-order valence-corrected chi connectivity index (χ3v) is 2.23. The number of Topliss-reactive ketones (excluding diaryl/α,β-unsaturated/α-hetero) is 1. The summed E-state index contributed by atoms with van der Waals surface area (Å²) < 4.78 is 37.6. The first-order valence-electron chi connectivity index (χ1n) is 4.38. The highest BCUT2D eigenvalue weighted by molar-refractivity contribution is 9.10. The fourth-order valence-electron chi connectivity index (χ4n) is 1.12. The van der Waals surface area contributed by atoms with E-state index >= 15 is 0 Å². The highest BCUT2D eigenvalue weighted by atomic mass is 79.9. The molecule has 1 aromatic heterocycles. The lowest BCUT2D eigenvalue weighted by Crippen LogP contribution is -2.13.